The molecule has 0 spiro atoms. The summed E-state index contributed by atoms with van der Waals surface area (Å²) in [5.74, 6) is -0.759. The van der Waals surface area contributed by atoms with Gasteiger partial charge in [0.2, 0.25) is 0 Å². The van der Waals surface area contributed by atoms with Gasteiger partial charge in [0, 0.05) is 5.56 Å². The first-order chi connectivity index (χ1) is 14.2. The smallest absolute Gasteiger partial charge is 0.328 e. The highest BCUT2D eigenvalue weighted by Gasteiger charge is 2.54. The Kier molecular flexibility index (Phi) is 6.31. The Morgan fingerprint density at radius 3 is 2.33 bits per heavy atom. The Balaban J connectivity index is 1.83. The zero-order chi connectivity index (χ0) is 21.9. The van der Waals surface area contributed by atoms with E-state index < -0.39 is 32.9 Å². The van der Waals surface area contributed by atoms with Gasteiger partial charge < -0.3 is 9.47 Å². The molecule has 0 unspecified atom stereocenters. The number of hydrogen-bond acceptors (Lipinski definition) is 6. The summed E-state index contributed by atoms with van der Waals surface area (Å²) in [7, 11) is -2.48. The van der Waals surface area contributed by atoms with Gasteiger partial charge in [-0.25, -0.2) is 8.42 Å². The molecule has 3 rings (SSSR count). The molecular weight excluding hydrogens is 404 g/mol. The third-order valence-corrected chi connectivity index (χ3v) is 8.29. The van der Waals surface area contributed by atoms with Crippen molar-refractivity contribution in [3.05, 3.63) is 59.2 Å². The van der Waals surface area contributed by atoms with Crippen molar-refractivity contribution in [1.82, 2.24) is 0 Å². The van der Waals surface area contributed by atoms with Crippen LogP contribution in [0, 0.1) is 13.8 Å². The van der Waals surface area contributed by atoms with Crippen LogP contribution in [0.2, 0.25) is 0 Å². The Morgan fingerprint density at radius 1 is 1.00 bits per heavy atom. The van der Waals surface area contributed by atoms with Crippen molar-refractivity contribution in [2.24, 2.45) is 0 Å². The van der Waals surface area contributed by atoms with E-state index >= 15 is 0 Å². The van der Waals surface area contributed by atoms with Crippen LogP contribution in [0.5, 0.6) is 5.75 Å². The third-order valence-electron chi connectivity index (χ3n) is 5.81. The lowest BCUT2D eigenvalue weighted by molar-refractivity contribution is -0.145. The van der Waals surface area contributed by atoms with Crippen LogP contribution in [0.25, 0.3) is 0 Å². The minimum absolute atomic E-state index is 0.114. The van der Waals surface area contributed by atoms with Gasteiger partial charge in [-0.05, 0) is 62.1 Å². The van der Waals surface area contributed by atoms with E-state index in [9.17, 15) is 18.0 Å². The summed E-state index contributed by atoms with van der Waals surface area (Å²) in [5.41, 5.74) is 2.14. The number of rotatable bonds is 7. The van der Waals surface area contributed by atoms with Crippen LogP contribution in [0.15, 0.2) is 47.4 Å². The maximum absolute atomic E-state index is 13.5. The molecule has 7 heteroatoms. The van der Waals surface area contributed by atoms with Crippen molar-refractivity contribution < 1.29 is 27.5 Å². The molecule has 0 aliphatic heterocycles. The number of ketones is 1. The topological polar surface area (TPSA) is 86.7 Å². The Bertz CT molecular complexity index is 1060. The maximum atomic E-state index is 13.5. The van der Waals surface area contributed by atoms with Crippen LogP contribution < -0.4 is 4.74 Å². The summed E-state index contributed by atoms with van der Waals surface area (Å²) in [5, 5.41) is 0. The van der Waals surface area contributed by atoms with E-state index in [1.807, 2.05) is 13.8 Å². The fourth-order valence-corrected chi connectivity index (χ4v) is 5.91. The molecule has 0 atom stereocenters. The van der Waals surface area contributed by atoms with E-state index in [2.05, 4.69) is 0 Å². The molecule has 160 valence electrons. The van der Waals surface area contributed by atoms with E-state index in [-0.39, 0.29) is 17.7 Å². The highest BCUT2D eigenvalue weighted by Crippen LogP contribution is 2.42. The van der Waals surface area contributed by atoms with Crippen molar-refractivity contribution in [1.29, 1.82) is 0 Å². The van der Waals surface area contributed by atoms with Crippen molar-refractivity contribution in [3.8, 4) is 5.75 Å². The lowest BCUT2D eigenvalue weighted by Crippen LogP contribution is -2.45. The van der Waals surface area contributed by atoms with Gasteiger partial charge in [-0.15, -0.1) is 0 Å². The lowest BCUT2D eigenvalue weighted by Gasteiger charge is -2.26. The first-order valence-electron chi connectivity index (χ1n) is 9.88. The van der Waals surface area contributed by atoms with Gasteiger partial charge in [0.25, 0.3) is 0 Å². The molecule has 30 heavy (non-hydrogen) atoms. The van der Waals surface area contributed by atoms with E-state index in [1.54, 1.807) is 36.4 Å². The SMILES string of the molecule is COc1cccc(C(=O)COC(=O)C2(S(=O)(=O)c3ccc(C)c(C)c3)CCCC2)c1. The minimum Gasteiger partial charge on any atom is -0.497 e. The summed E-state index contributed by atoms with van der Waals surface area (Å²) < 4.78 is 35.6. The molecule has 1 aliphatic carbocycles. The molecule has 0 saturated heterocycles. The molecule has 1 fully saturated rings. The number of sulfone groups is 1. The van der Waals surface area contributed by atoms with E-state index in [0.717, 1.165) is 11.1 Å². The lowest BCUT2D eigenvalue weighted by atomic mass is 10.1. The van der Waals surface area contributed by atoms with E-state index in [4.69, 9.17) is 9.47 Å². The molecule has 0 aromatic heterocycles. The Hall–Kier alpha value is -2.67. The second-order valence-corrected chi connectivity index (χ2v) is 9.94. The number of aryl methyl sites for hydroxylation is 2. The van der Waals surface area contributed by atoms with Gasteiger partial charge in [-0.2, -0.15) is 0 Å². The van der Waals surface area contributed by atoms with Crippen molar-refractivity contribution in [2.45, 2.75) is 49.2 Å². The van der Waals surface area contributed by atoms with Crippen LogP contribution in [0.4, 0.5) is 0 Å². The fourth-order valence-electron chi connectivity index (χ4n) is 3.78. The maximum Gasteiger partial charge on any atom is 0.328 e. The molecular formula is C23H26O6S. The molecule has 0 amide bonds. The largest absolute Gasteiger partial charge is 0.497 e. The normalized spacial score (nSPS) is 15.6. The first-order valence-corrected chi connectivity index (χ1v) is 11.4. The Morgan fingerprint density at radius 2 is 1.70 bits per heavy atom. The summed E-state index contributed by atoms with van der Waals surface area (Å²) in [6, 6.07) is 11.4. The van der Waals surface area contributed by atoms with Crippen molar-refractivity contribution in [2.75, 3.05) is 13.7 Å². The minimum atomic E-state index is -3.97. The first kappa shape index (κ1) is 22.0. The van der Waals surface area contributed by atoms with Crippen LogP contribution in [0.1, 0.15) is 47.2 Å². The van der Waals surface area contributed by atoms with Crippen LogP contribution in [0.3, 0.4) is 0 Å². The van der Waals surface area contributed by atoms with Gasteiger partial charge in [0.05, 0.1) is 12.0 Å². The predicted octanol–water partition coefficient (Wildman–Crippen LogP) is 3.82. The molecule has 2 aromatic rings. The Labute approximate surface area is 177 Å². The second-order valence-electron chi connectivity index (χ2n) is 7.68. The summed E-state index contributed by atoms with van der Waals surface area (Å²) in [4.78, 5) is 25.6. The van der Waals surface area contributed by atoms with Crippen LogP contribution >= 0.6 is 0 Å². The van der Waals surface area contributed by atoms with Crippen molar-refractivity contribution in [3.63, 3.8) is 0 Å². The monoisotopic (exact) mass is 430 g/mol. The summed E-state index contributed by atoms with van der Waals surface area (Å²) in [6.07, 6.45) is 1.61. The molecule has 0 heterocycles. The van der Waals surface area contributed by atoms with E-state index in [0.29, 0.717) is 24.2 Å². The number of carbonyl (C=O) groups is 2. The average molecular weight is 431 g/mol. The van der Waals surface area contributed by atoms with E-state index in [1.165, 1.54) is 13.2 Å². The highest BCUT2D eigenvalue weighted by atomic mass is 32.2. The molecule has 6 nitrogen and oxygen atoms in total. The number of benzene rings is 2. The van der Waals surface area contributed by atoms with Gasteiger partial charge in [0.15, 0.2) is 27.0 Å². The zero-order valence-electron chi connectivity index (χ0n) is 17.4. The molecule has 2 aromatic carbocycles. The number of carbonyl (C=O) groups excluding carboxylic acids is 2. The van der Waals surface area contributed by atoms with Crippen LogP contribution in [-0.2, 0) is 19.4 Å². The number of methoxy groups -OCH3 is 1. The highest BCUT2D eigenvalue weighted by molar-refractivity contribution is 7.93. The summed E-state index contributed by atoms with van der Waals surface area (Å²) >= 11 is 0. The van der Waals surface area contributed by atoms with Gasteiger partial charge in [0.1, 0.15) is 5.75 Å². The van der Waals surface area contributed by atoms with Gasteiger partial charge in [-0.3, -0.25) is 9.59 Å². The predicted molar refractivity (Wildman–Crippen MR) is 113 cm³/mol. The standard InChI is InChI=1S/C23H26O6S/c1-16-9-10-20(13-17(16)2)30(26,27)23(11-4-5-12-23)22(25)29-15-21(24)18-7-6-8-19(14-18)28-3/h6-10,13-14H,4-5,11-12,15H2,1-3H3. The molecule has 1 saturated carbocycles. The number of ether oxygens (including phenoxy) is 2. The molecule has 0 bridgehead atoms. The molecule has 0 N–H and O–H groups in total. The quantitative estimate of drug-likeness (QED) is 0.490. The fraction of sp³-hybridized carbons (Fsp3) is 0.391. The zero-order valence-corrected chi connectivity index (χ0v) is 18.3. The molecule has 0 radical (unpaired) electrons. The summed E-state index contributed by atoms with van der Waals surface area (Å²) in [6.45, 7) is 3.21. The number of hydrogen-bond donors (Lipinski definition) is 0. The van der Waals surface area contributed by atoms with Gasteiger partial charge in [-0.1, -0.05) is 31.0 Å². The number of esters is 1. The average Bonchev–Trinajstić information content (AvgIpc) is 3.25. The van der Waals surface area contributed by atoms with Crippen LogP contribution in [-0.4, -0.2) is 38.6 Å². The molecule has 1 aliphatic rings. The third kappa shape index (κ3) is 3.99. The van der Waals surface area contributed by atoms with Gasteiger partial charge >= 0.3 is 5.97 Å². The number of Topliss-reactive ketones (excluding diaryl/α,β-unsaturated/α-hetero) is 1. The van der Waals surface area contributed by atoms with Crippen molar-refractivity contribution >= 4 is 21.6 Å². The second kappa shape index (κ2) is 8.60.